The average Bonchev–Trinajstić information content (AvgIpc) is 3.34. The zero-order chi connectivity index (χ0) is 20.4. The van der Waals surface area contributed by atoms with Crippen molar-refractivity contribution in [1.29, 1.82) is 0 Å². The van der Waals surface area contributed by atoms with Crippen LogP contribution >= 0.6 is 0 Å². The molecule has 3 aromatic rings. The number of anilines is 1. The number of nitrogens with zero attached hydrogens (tertiary/aromatic N) is 1. The molecule has 0 radical (unpaired) electrons. The highest BCUT2D eigenvalue weighted by molar-refractivity contribution is 6.03. The van der Waals surface area contributed by atoms with Crippen LogP contribution < -0.4 is 10.1 Å². The van der Waals surface area contributed by atoms with Gasteiger partial charge < -0.3 is 19.3 Å². The van der Waals surface area contributed by atoms with Crippen LogP contribution in [0.1, 0.15) is 40.3 Å². The second kappa shape index (κ2) is 7.79. The first kappa shape index (κ1) is 18.7. The molecule has 7 heteroatoms. The van der Waals surface area contributed by atoms with E-state index in [1.54, 1.807) is 37.3 Å². The highest BCUT2D eigenvalue weighted by atomic mass is 16.5. The van der Waals surface area contributed by atoms with Gasteiger partial charge >= 0.3 is 5.97 Å². The van der Waals surface area contributed by atoms with Crippen LogP contribution in [0.4, 0.5) is 5.69 Å². The molecule has 0 unspecified atom stereocenters. The van der Waals surface area contributed by atoms with Crippen LogP contribution in [0.3, 0.4) is 0 Å². The van der Waals surface area contributed by atoms with Crippen molar-refractivity contribution in [3.63, 3.8) is 0 Å². The van der Waals surface area contributed by atoms with Crippen LogP contribution in [0.25, 0.3) is 11.3 Å². The molecule has 1 aromatic heterocycles. The number of ether oxygens (including phenoxy) is 2. The Morgan fingerprint density at radius 3 is 2.72 bits per heavy atom. The maximum absolute atomic E-state index is 12.5. The molecule has 1 aliphatic rings. The first-order valence-corrected chi connectivity index (χ1v) is 9.38. The second-order valence-electron chi connectivity index (χ2n) is 6.78. The molecule has 0 spiro atoms. The Balaban J connectivity index is 1.45. The summed E-state index contributed by atoms with van der Waals surface area (Å²) in [7, 11) is 0. The largest absolute Gasteiger partial charge is 0.490 e. The van der Waals surface area contributed by atoms with Gasteiger partial charge in [-0.2, -0.15) is 0 Å². The lowest BCUT2D eigenvalue weighted by Crippen LogP contribution is -2.12. The Hall–Kier alpha value is -3.61. The molecular formula is C22H20N2O5. The van der Waals surface area contributed by atoms with E-state index in [1.165, 1.54) is 0 Å². The zero-order valence-electron chi connectivity index (χ0n) is 16.1. The van der Waals surface area contributed by atoms with Gasteiger partial charge in [0.15, 0.2) is 11.5 Å². The first-order chi connectivity index (χ1) is 14.0. The van der Waals surface area contributed by atoms with E-state index < -0.39 is 11.9 Å². The van der Waals surface area contributed by atoms with Crippen LogP contribution in [0.5, 0.6) is 5.75 Å². The van der Waals surface area contributed by atoms with E-state index in [-0.39, 0.29) is 11.8 Å². The molecule has 7 nitrogen and oxygen atoms in total. The summed E-state index contributed by atoms with van der Waals surface area (Å²) in [4.78, 5) is 24.2. The molecule has 0 bridgehead atoms. The average molecular weight is 392 g/mol. The molecule has 29 heavy (non-hydrogen) atoms. The number of aromatic nitrogens is 1. The Morgan fingerprint density at radius 1 is 1.17 bits per heavy atom. The summed E-state index contributed by atoms with van der Waals surface area (Å²) in [6.07, 6.45) is 0.999. The fourth-order valence-corrected chi connectivity index (χ4v) is 3.19. The minimum absolute atomic E-state index is 0.159. The third-order valence-electron chi connectivity index (χ3n) is 4.58. The fourth-order valence-electron chi connectivity index (χ4n) is 3.19. The Morgan fingerprint density at radius 2 is 1.97 bits per heavy atom. The smallest absolute Gasteiger partial charge is 0.338 e. The summed E-state index contributed by atoms with van der Waals surface area (Å²) in [6, 6.07) is 13.8. The van der Waals surface area contributed by atoms with Crippen molar-refractivity contribution in [2.24, 2.45) is 0 Å². The molecule has 1 atom stereocenters. The van der Waals surface area contributed by atoms with Crippen LogP contribution in [0.2, 0.25) is 0 Å². The maximum Gasteiger partial charge on any atom is 0.338 e. The van der Waals surface area contributed by atoms with Crippen molar-refractivity contribution >= 4 is 17.6 Å². The highest BCUT2D eigenvalue weighted by Gasteiger charge is 2.21. The molecule has 0 saturated heterocycles. The monoisotopic (exact) mass is 392 g/mol. The summed E-state index contributed by atoms with van der Waals surface area (Å²) in [5, 5.41) is 6.61. The standard InChI is InChI=1S/C22H20N2O5/c1-3-27-22(26)14-4-7-17(8-5-14)23-21(25)18-12-20(29-24-18)15-6-9-19-16(11-15)10-13(2)28-19/h4-9,11-13H,3,10H2,1-2H3,(H,23,25)/t13-/m0/s1. The van der Waals surface area contributed by atoms with Crippen molar-refractivity contribution in [1.82, 2.24) is 5.16 Å². The molecule has 4 rings (SSSR count). The number of amides is 1. The minimum Gasteiger partial charge on any atom is -0.490 e. The van der Waals surface area contributed by atoms with Crippen molar-refractivity contribution in [2.45, 2.75) is 26.4 Å². The molecule has 0 fully saturated rings. The van der Waals surface area contributed by atoms with Gasteiger partial charge in [0.25, 0.3) is 5.91 Å². The molecule has 0 saturated carbocycles. The van der Waals surface area contributed by atoms with Gasteiger partial charge in [0.2, 0.25) is 0 Å². The number of hydrogen-bond donors (Lipinski definition) is 1. The number of nitrogens with one attached hydrogen (secondary N) is 1. The molecule has 1 aliphatic heterocycles. The van der Waals surface area contributed by atoms with Gasteiger partial charge in [-0.3, -0.25) is 4.79 Å². The zero-order valence-corrected chi connectivity index (χ0v) is 16.1. The third kappa shape index (κ3) is 3.99. The van der Waals surface area contributed by atoms with Crippen LogP contribution in [-0.4, -0.2) is 29.7 Å². The van der Waals surface area contributed by atoms with Crippen molar-refractivity contribution in [3.05, 3.63) is 65.4 Å². The summed E-state index contributed by atoms with van der Waals surface area (Å²) in [5.74, 6) is 0.586. The summed E-state index contributed by atoms with van der Waals surface area (Å²) >= 11 is 0. The van der Waals surface area contributed by atoms with E-state index in [9.17, 15) is 9.59 Å². The number of benzene rings is 2. The lowest BCUT2D eigenvalue weighted by atomic mass is 10.1. The maximum atomic E-state index is 12.5. The second-order valence-corrected chi connectivity index (χ2v) is 6.78. The van der Waals surface area contributed by atoms with E-state index in [1.807, 2.05) is 25.1 Å². The number of carbonyl (C=O) groups excluding carboxylic acids is 2. The molecule has 2 aromatic carbocycles. The lowest BCUT2D eigenvalue weighted by molar-refractivity contribution is 0.0526. The summed E-state index contributed by atoms with van der Waals surface area (Å²) < 4.78 is 16.0. The van der Waals surface area contributed by atoms with E-state index in [0.29, 0.717) is 23.6 Å². The molecule has 148 valence electrons. The SMILES string of the molecule is CCOC(=O)c1ccc(NC(=O)c2cc(-c3ccc4c(c3)C[C@H](C)O4)on2)cc1. The third-order valence-corrected chi connectivity index (χ3v) is 4.58. The van der Waals surface area contributed by atoms with E-state index in [4.69, 9.17) is 14.0 Å². The van der Waals surface area contributed by atoms with Gasteiger partial charge in [0.1, 0.15) is 11.9 Å². The van der Waals surface area contributed by atoms with Gasteiger partial charge in [-0.1, -0.05) is 5.16 Å². The molecule has 1 N–H and O–H groups in total. The predicted molar refractivity (Wildman–Crippen MR) is 106 cm³/mol. The molecular weight excluding hydrogens is 372 g/mol. The van der Waals surface area contributed by atoms with Gasteiger partial charge in [-0.05, 0) is 61.9 Å². The lowest BCUT2D eigenvalue weighted by Gasteiger charge is -2.05. The highest BCUT2D eigenvalue weighted by Crippen LogP contribution is 2.33. The number of rotatable bonds is 5. The van der Waals surface area contributed by atoms with Gasteiger partial charge in [0, 0.05) is 23.7 Å². The van der Waals surface area contributed by atoms with E-state index in [2.05, 4.69) is 10.5 Å². The number of carbonyl (C=O) groups is 2. The number of fused-ring (bicyclic) bond motifs is 1. The molecule has 0 aliphatic carbocycles. The number of esters is 1. The van der Waals surface area contributed by atoms with Crippen molar-refractivity contribution in [3.8, 4) is 17.1 Å². The van der Waals surface area contributed by atoms with Crippen LogP contribution in [0, 0.1) is 0 Å². The van der Waals surface area contributed by atoms with Crippen LogP contribution in [0.15, 0.2) is 53.1 Å². The van der Waals surface area contributed by atoms with Gasteiger partial charge in [-0.15, -0.1) is 0 Å². The quantitative estimate of drug-likeness (QED) is 0.658. The van der Waals surface area contributed by atoms with Gasteiger partial charge in [-0.25, -0.2) is 4.79 Å². The van der Waals surface area contributed by atoms with E-state index >= 15 is 0 Å². The minimum atomic E-state index is -0.402. The summed E-state index contributed by atoms with van der Waals surface area (Å²) in [5.41, 5.74) is 3.07. The number of hydrogen-bond acceptors (Lipinski definition) is 6. The Kier molecular flexibility index (Phi) is 5.03. The molecule has 1 amide bonds. The van der Waals surface area contributed by atoms with Crippen LogP contribution in [-0.2, 0) is 11.2 Å². The van der Waals surface area contributed by atoms with Crippen molar-refractivity contribution < 1.29 is 23.6 Å². The predicted octanol–water partition coefficient (Wildman–Crippen LogP) is 4.09. The fraction of sp³-hybridized carbons (Fsp3) is 0.227. The normalized spacial score (nSPS) is 14.8. The first-order valence-electron chi connectivity index (χ1n) is 9.38. The topological polar surface area (TPSA) is 90.7 Å². The van der Waals surface area contributed by atoms with Gasteiger partial charge in [0.05, 0.1) is 12.2 Å². The Bertz CT molecular complexity index is 1060. The van der Waals surface area contributed by atoms with Crippen molar-refractivity contribution in [2.75, 3.05) is 11.9 Å². The summed E-state index contributed by atoms with van der Waals surface area (Å²) in [6.45, 7) is 4.08. The molecule has 2 heterocycles. The van der Waals surface area contributed by atoms with E-state index in [0.717, 1.165) is 23.3 Å². The Labute approximate surface area is 167 Å².